The highest BCUT2D eigenvalue weighted by atomic mass is 16.5. The molecule has 0 amide bonds. The van der Waals surface area contributed by atoms with Crippen LogP contribution in [0, 0.1) is 0 Å². The molecule has 1 rings (SSSR count). The first-order valence-corrected chi connectivity index (χ1v) is 8.36. The van der Waals surface area contributed by atoms with E-state index in [1.165, 1.54) is 12.1 Å². The molecule has 0 bridgehead atoms. The van der Waals surface area contributed by atoms with Crippen molar-refractivity contribution in [1.82, 2.24) is 0 Å². The number of hydrogen-bond acceptors (Lipinski definition) is 4. The van der Waals surface area contributed by atoms with Crippen LogP contribution in [0.2, 0.25) is 0 Å². The van der Waals surface area contributed by atoms with Crippen LogP contribution in [0.3, 0.4) is 0 Å². The van der Waals surface area contributed by atoms with E-state index in [1.807, 2.05) is 0 Å². The summed E-state index contributed by atoms with van der Waals surface area (Å²) < 4.78 is 5.47. The second-order valence-electron chi connectivity index (χ2n) is 5.82. The van der Waals surface area contributed by atoms with E-state index in [2.05, 4.69) is 0 Å². The molecular formula is C18H24O7. The molecule has 0 heterocycles. The SMILES string of the molecule is O=C(O)CCCCCCCCCOc1cc(C(=O)O)cc(C(=O)O)c1. The maximum absolute atomic E-state index is 11.0. The first-order chi connectivity index (χ1) is 11.9. The normalized spacial score (nSPS) is 10.4. The molecule has 0 aliphatic heterocycles. The lowest BCUT2D eigenvalue weighted by atomic mass is 10.1. The fourth-order valence-corrected chi connectivity index (χ4v) is 2.38. The average Bonchev–Trinajstić information content (AvgIpc) is 2.55. The summed E-state index contributed by atoms with van der Waals surface area (Å²) in [6.07, 6.45) is 6.66. The molecule has 25 heavy (non-hydrogen) atoms. The van der Waals surface area contributed by atoms with E-state index < -0.39 is 17.9 Å². The van der Waals surface area contributed by atoms with Gasteiger partial charge in [-0.2, -0.15) is 0 Å². The smallest absolute Gasteiger partial charge is 0.335 e. The molecule has 0 radical (unpaired) electrons. The van der Waals surface area contributed by atoms with Crippen molar-refractivity contribution in [3.05, 3.63) is 29.3 Å². The Morgan fingerprint density at radius 2 is 1.20 bits per heavy atom. The van der Waals surface area contributed by atoms with E-state index in [0.717, 1.165) is 44.6 Å². The van der Waals surface area contributed by atoms with Gasteiger partial charge >= 0.3 is 17.9 Å². The number of ether oxygens (including phenoxy) is 1. The molecule has 1 aromatic rings. The van der Waals surface area contributed by atoms with Crippen molar-refractivity contribution in [1.29, 1.82) is 0 Å². The quantitative estimate of drug-likeness (QED) is 0.463. The van der Waals surface area contributed by atoms with Gasteiger partial charge in [0.05, 0.1) is 17.7 Å². The Labute approximate surface area is 146 Å². The maximum Gasteiger partial charge on any atom is 0.335 e. The van der Waals surface area contributed by atoms with E-state index in [9.17, 15) is 14.4 Å². The fourth-order valence-electron chi connectivity index (χ4n) is 2.38. The number of hydrogen-bond donors (Lipinski definition) is 3. The van der Waals surface area contributed by atoms with Gasteiger partial charge in [-0.3, -0.25) is 4.79 Å². The Morgan fingerprint density at radius 1 is 0.720 bits per heavy atom. The highest BCUT2D eigenvalue weighted by Crippen LogP contribution is 2.18. The second kappa shape index (κ2) is 11.1. The first-order valence-electron chi connectivity index (χ1n) is 8.36. The monoisotopic (exact) mass is 352 g/mol. The number of carbonyl (C=O) groups is 3. The number of carboxylic acid groups (broad SMARTS) is 3. The summed E-state index contributed by atoms with van der Waals surface area (Å²) in [4.78, 5) is 32.4. The molecule has 0 saturated heterocycles. The zero-order valence-electron chi connectivity index (χ0n) is 14.1. The number of rotatable bonds is 13. The van der Waals surface area contributed by atoms with Gasteiger partial charge in [0.15, 0.2) is 0 Å². The Bertz CT molecular complexity index is 563. The van der Waals surface area contributed by atoms with Crippen LogP contribution in [0.4, 0.5) is 0 Å². The molecule has 0 aliphatic carbocycles. The van der Waals surface area contributed by atoms with Crippen LogP contribution in [-0.4, -0.2) is 39.8 Å². The molecule has 3 N–H and O–H groups in total. The van der Waals surface area contributed by atoms with Gasteiger partial charge in [0, 0.05) is 6.42 Å². The Morgan fingerprint density at radius 3 is 1.68 bits per heavy atom. The summed E-state index contributed by atoms with van der Waals surface area (Å²) in [6, 6.07) is 3.73. The molecule has 0 aromatic heterocycles. The predicted molar refractivity (Wildman–Crippen MR) is 90.4 cm³/mol. The van der Waals surface area contributed by atoms with Crippen molar-refractivity contribution < 1.29 is 34.4 Å². The largest absolute Gasteiger partial charge is 0.494 e. The minimum absolute atomic E-state index is 0.115. The third-order valence-electron chi connectivity index (χ3n) is 3.70. The lowest BCUT2D eigenvalue weighted by Crippen LogP contribution is -2.05. The Balaban J connectivity index is 2.24. The molecule has 0 aliphatic rings. The van der Waals surface area contributed by atoms with Gasteiger partial charge in [0.1, 0.15) is 5.75 Å². The zero-order valence-corrected chi connectivity index (χ0v) is 14.1. The van der Waals surface area contributed by atoms with Gasteiger partial charge in [-0.25, -0.2) is 9.59 Å². The summed E-state index contributed by atoms with van der Waals surface area (Å²) in [5, 5.41) is 26.5. The molecule has 138 valence electrons. The van der Waals surface area contributed by atoms with Gasteiger partial charge in [-0.15, -0.1) is 0 Å². The van der Waals surface area contributed by atoms with Gasteiger partial charge in [0.2, 0.25) is 0 Å². The number of aromatic carboxylic acids is 2. The van der Waals surface area contributed by atoms with Crippen molar-refractivity contribution in [2.45, 2.75) is 51.4 Å². The molecule has 0 fully saturated rings. The van der Waals surface area contributed by atoms with Crippen molar-refractivity contribution in [3.63, 3.8) is 0 Å². The topological polar surface area (TPSA) is 121 Å². The maximum atomic E-state index is 11.0. The number of benzene rings is 1. The minimum atomic E-state index is -1.20. The molecular weight excluding hydrogens is 328 g/mol. The third kappa shape index (κ3) is 8.74. The van der Waals surface area contributed by atoms with Crippen LogP contribution < -0.4 is 4.74 Å². The number of unbranched alkanes of at least 4 members (excludes halogenated alkanes) is 6. The third-order valence-corrected chi connectivity index (χ3v) is 3.70. The van der Waals surface area contributed by atoms with Crippen molar-refractivity contribution in [2.24, 2.45) is 0 Å². The van der Waals surface area contributed by atoms with Gasteiger partial charge in [0.25, 0.3) is 0 Å². The van der Waals surface area contributed by atoms with E-state index in [4.69, 9.17) is 20.1 Å². The molecule has 0 atom stereocenters. The molecule has 0 unspecified atom stereocenters. The standard InChI is InChI=1S/C18H24O7/c19-16(20)8-6-4-2-1-3-5-7-9-25-15-11-13(17(21)22)10-14(12-15)18(23)24/h10-12H,1-9H2,(H,19,20)(H,21,22)(H,23,24). The highest BCUT2D eigenvalue weighted by Gasteiger charge is 2.12. The lowest BCUT2D eigenvalue weighted by Gasteiger charge is -2.08. The summed E-state index contributed by atoms with van der Waals surface area (Å²) in [5.74, 6) is -2.91. The van der Waals surface area contributed by atoms with Gasteiger partial charge in [-0.1, -0.05) is 32.1 Å². The van der Waals surface area contributed by atoms with Crippen LogP contribution in [-0.2, 0) is 4.79 Å². The van der Waals surface area contributed by atoms with Crippen molar-refractivity contribution >= 4 is 17.9 Å². The molecule has 0 saturated carbocycles. The lowest BCUT2D eigenvalue weighted by molar-refractivity contribution is -0.137. The summed E-state index contributed by atoms with van der Waals surface area (Å²) in [7, 11) is 0. The first kappa shape index (κ1) is 20.5. The summed E-state index contributed by atoms with van der Waals surface area (Å²) in [5.41, 5.74) is -0.229. The van der Waals surface area contributed by atoms with E-state index in [0.29, 0.717) is 13.0 Å². The average molecular weight is 352 g/mol. The van der Waals surface area contributed by atoms with Crippen molar-refractivity contribution in [3.8, 4) is 5.75 Å². The van der Waals surface area contributed by atoms with Crippen LogP contribution in [0.1, 0.15) is 72.1 Å². The van der Waals surface area contributed by atoms with Crippen LogP contribution in [0.25, 0.3) is 0 Å². The van der Waals surface area contributed by atoms with E-state index in [1.54, 1.807) is 0 Å². The van der Waals surface area contributed by atoms with Gasteiger partial charge < -0.3 is 20.1 Å². The van der Waals surface area contributed by atoms with E-state index >= 15 is 0 Å². The van der Waals surface area contributed by atoms with Crippen LogP contribution >= 0.6 is 0 Å². The molecule has 0 spiro atoms. The van der Waals surface area contributed by atoms with Gasteiger partial charge in [-0.05, 0) is 31.0 Å². The van der Waals surface area contributed by atoms with Crippen molar-refractivity contribution in [2.75, 3.05) is 6.61 Å². The van der Waals surface area contributed by atoms with Crippen LogP contribution in [0.15, 0.2) is 18.2 Å². The van der Waals surface area contributed by atoms with Crippen LogP contribution in [0.5, 0.6) is 5.75 Å². The predicted octanol–water partition coefficient (Wildman–Crippen LogP) is 3.67. The summed E-state index contributed by atoms with van der Waals surface area (Å²) in [6.45, 7) is 0.390. The zero-order chi connectivity index (χ0) is 18.7. The second-order valence-corrected chi connectivity index (χ2v) is 5.82. The fraction of sp³-hybridized carbons (Fsp3) is 0.500. The molecule has 7 heteroatoms. The molecule has 1 aromatic carbocycles. The minimum Gasteiger partial charge on any atom is -0.494 e. The highest BCUT2D eigenvalue weighted by molar-refractivity contribution is 5.94. The summed E-state index contributed by atoms with van der Waals surface area (Å²) >= 11 is 0. The number of aliphatic carboxylic acids is 1. The molecule has 7 nitrogen and oxygen atoms in total. The van der Waals surface area contributed by atoms with E-state index in [-0.39, 0.29) is 23.3 Å². The Hall–Kier alpha value is -2.57. The Kier molecular flexibility index (Phi) is 9.06. The number of carboxylic acids is 3.